The summed E-state index contributed by atoms with van der Waals surface area (Å²) in [7, 11) is 1.87. The summed E-state index contributed by atoms with van der Waals surface area (Å²) in [5.41, 5.74) is 6.80. The van der Waals surface area contributed by atoms with Gasteiger partial charge in [0.1, 0.15) is 0 Å². The van der Waals surface area contributed by atoms with Gasteiger partial charge < -0.3 is 4.90 Å². The van der Waals surface area contributed by atoms with Crippen molar-refractivity contribution in [1.82, 2.24) is 4.90 Å². The zero-order chi connectivity index (χ0) is 21.6. The minimum atomic E-state index is 0.0575. The first-order chi connectivity index (χ1) is 15.1. The van der Waals surface area contributed by atoms with E-state index < -0.39 is 0 Å². The lowest BCUT2D eigenvalue weighted by Crippen LogP contribution is -2.27. The maximum Gasteiger partial charge on any atom is 0.254 e. The molecule has 152 valence electrons. The van der Waals surface area contributed by atoms with Crippen molar-refractivity contribution in [3.8, 4) is 11.8 Å². The number of hydrogen-bond donors (Lipinski definition) is 0. The first-order valence-corrected chi connectivity index (χ1v) is 10.5. The highest BCUT2D eigenvalue weighted by atomic mass is 16.2. The first-order valence-electron chi connectivity index (χ1n) is 10.5. The van der Waals surface area contributed by atoms with Crippen LogP contribution in [0.4, 0.5) is 0 Å². The summed E-state index contributed by atoms with van der Waals surface area (Å²) in [6.07, 6.45) is 2.91. The Kier molecular flexibility index (Phi) is 6.15. The minimum Gasteiger partial charge on any atom is -0.341 e. The van der Waals surface area contributed by atoms with Crippen molar-refractivity contribution in [2.75, 3.05) is 13.6 Å². The van der Waals surface area contributed by atoms with Crippen molar-refractivity contribution < 1.29 is 4.79 Å². The molecule has 0 bridgehead atoms. The number of rotatable bonds is 2. The second-order valence-corrected chi connectivity index (χ2v) is 7.73. The van der Waals surface area contributed by atoms with Crippen LogP contribution in [-0.2, 0) is 11.2 Å². The van der Waals surface area contributed by atoms with E-state index in [0.717, 1.165) is 46.4 Å². The number of nitrogens with zero attached hydrogens (tertiary/aromatic N) is 1. The molecule has 31 heavy (non-hydrogen) atoms. The van der Waals surface area contributed by atoms with Crippen molar-refractivity contribution in [3.05, 3.63) is 119 Å². The number of likely N-dealkylation sites (N-methyl/N-ethyl adjacent to an activating group) is 1. The molecular formula is C29H25NO. The van der Waals surface area contributed by atoms with Gasteiger partial charge in [-0.2, -0.15) is 0 Å². The molecule has 1 heterocycles. The van der Waals surface area contributed by atoms with Crippen LogP contribution in [0.3, 0.4) is 0 Å². The third kappa shape index (κ3) is 4.68. The average molecular weight is 404 g/mol. The SMILES string of the molecule is CC(/C=C(/C#Cc1ccccc1)c1ccccc1)=C1\C(=O)N(C)CCc2ccccc21. The molecule has 0 spiro atoms. The van der Waals surface area contributed by atoms with Gasteiger partial charge in [-0.3, -0.25) is 4.79 Å². The van der Waals surface area contributed by atoms with Crippen molar-refractivity contribution in [2.24, 2.45) is 0 Å². The molecule has 0 atom stereocenters. The largest absolute Gasteiger partial charge is 0.341 e. The van der Waals surface area contributed by atoms with Crippen LogP contribution >= 0.6 is 0 Å². The Labute approximate surface area is 184 Å². The third-order valence-corrected chi connectivity index (χ3v) is 5.52. The van der Waals surface area contributed by atoms with E-state index in [1.807, 2.05) is 79.5 Å². The van der Waals surface area contributed by atoms with Crippen molar-refractivity contribution in [2.45, 2.75) is 13.3 Å². The van der Waals surface area contributed by atoms with Crippen LogP contribution in [0, 0.1) is 11.8 Å². The zero-order valence-electron chi connectivity index (χ0n) is 17.9. The Hall–Kier alpha value is -3.83. The summed E-state index contributed by atoms with van der Waals surface area (Å²) in [6, 6.07) is 28.3. The number of fused-ring (bicyclic) bond motifs is 1. The average Bonchev–Trinajstić information content (AvgIpc) is 2.94. The Morgan fingerprint density at radius 3 is 2.29 bits per heavy atom. The Morgan fingerprint density at radius 2 is 1.55 bits per heavy atom. The van der Waals surface area contributed by atoms with Crippen LogP contribution in [0.5, 0.6) is 0 Å². The molecule has 0 aliphatic carbocycles. The van der Waals surface area contributed by atoms with Gasteiger partial charge in [-0.25, -0.2) is 0 Å². The highest BCUT2D eigenvalue weighted by Gasteiger charge is 2.24. The van der Waals surface area contributed by atoms with Crippen molar-refractivity contribution in [1.29, 1.82) is 0 Å². The van der Waals surface area contributed by atoms with E-state index in [1.165, 1.54) is 5.56 Å². The maximum atomic E-state index is 13.2. The molecule has 1 aliphatic rings. The number of carbonyl (C=O) groups is 1. The number of amides is 1. The van der Waals surface area contributed by atoms with Gasteiger partial charge in [0.15, 0.2) is 0 Å². The molecule has 2 heteroatoms. The van der Waals surface area contributed by atoms with Crippen LogP contribution in [-0.4, -0.2) is 24.4 Å². The third-order valence-electron chi connectivity index (χ3n) is 5.52. The van der Waals surface area contributed by atoms with E-state index in [-0.39, 0.29) is 5.91 Å². The lowest BCUT2D eigenvalue weighted by molar-refractivity contribution is -0.123. The van der Waals surface area contributed by atoms with Crippen LogP contribution in [0.2, 0.25) is 0 Å². The zero-order valence-corrected chi connectivity index (χ0v) is 17.9. The molecule has 0 unspecified atom stereocenters. The van der Waals surface area contributed by atoms with Crippen LogP contribution in [0.25, 0.3) is 11.1 Å². The smallest absolute Gasteiger partial charge is 0.254 e. The Bertz CT molecular complexity index is 1210. The van der Waals surface area contributed by atoms with Gasteiger partial charge in [0, 0.05) is 30.3 Å². The maximum absolute atomic E-state index is 13.2. The summed E-state index contributed by atoms with van der Waals surface area (Å²) in [4.78, 5) is 15.1. The monoisotopic (exact) mass is 403 g/mol. The van der Waals surface area contributed by atoms with Gasteiger partial charge in [-0.1, -0.05) is 84.6 Å². The molecule has 4 rings (SSSR count). The highest BCUT2D eigenvalue weighted by molar-refractivity contribution is 6.21. The van der Waals surface area contributed by atoms with Crippen LogP contribution in [0.1, 0.15) is 29.2 Å². The highest BCUT2D eigenvalue weighted by Crippen LogP contribution is 2.30. The fraction of sp³-hybridized carbons (Fsp3) is 0.138. The summed E-state index contributed by atoms with van der Waals surface area (Å²) in [5.74, 6) is 6.66. The molecule has 0 N–H and O–H groups in total. The van der Waals surface area contributed by atoms with Crippen LogP contribution in [0.15, 0.2) is 96.6 Å². The number of hydrogen-bond acceptors (Lipinski definition) is 1. The van der Waals surface area contributed by atoms with E-state index in [0.29, 0.717) is 0 Å². The van der Waals surface area contributed by atoms with Gasteiger partial charge in [-0.05, 0) is 53.8 Å². The Morgan fingerprint density at radius 1 is 0.903 bits per heavy atom. The first kappa shape index (κ1) is 20.4. The quantitative estimate of drug-likeness (QED) is 0.402. The Balaban J connectivity index is 1.87. The summed E-state index contributed by atoms with van der Waals surface area (Å²) < 4.78 is 0. The topological polar surface area (TPSA) is 20.3 Å². The summed E-state index contributed by atoms with van der Waals surface area (Å²) in [6.45, 7) is 2.73. The van der Waals surface area contributed by atoms with E-state index in [2.05, 4.69) is 42.2 Å². The van der Waals surface area contributed by atoms with E-state index in [1.54, 1.807) is 0 Å². The summed E-state index contributed by atoms with van der Waals surface area (Å²) in [5, 5.41) is 0. The minimum absolute atomic E-state index is 0.0575. The number of benzene rings is 3. The number of carbonyl (C=O) groups excluding carboxylic acids is 1. The molecule has 3 aromatic rings. The molecule has 0 fully saturated rings. The fourth-order valence-electron chi connectivity index (χ4n) is 3.82. The lowest BCUT2D eigenvalue weighted by atomic mass is 9.93. The molecule has 3 aromatic carbocycles. The van der Waals surface area contributed by atoms with Gasteiger partial charge in [0.05, 0.1) is 0 Å². The molecule has 0 saturated carbocycles. The molecule has 0 aromatic heterocycles. The van der Waals surface area contributed by atoms with E-state index in [4.69, 9.17) is 0 Å². The second kappa shape index (κ2) is 9.32. The lowest BCUT2D eigenvalue weighted by Gasteiger charge is -2.16. The molecule has 0 radical (unpaired) electrons. The van der Waals surface area contributed by atoms with Gasteiger partial charge >= 0.3 is 0 Å². The summed E-state index contributed by atoms with van der Waals surface area (Å²) >= 11 is 0. The molecular weight excluding hydrogens is 378 g/mol. The van der Waals surface area contributed by atoms with Gasteiger partial charge in [0.2, 0.25) is 0 Å². The normalized spacial score (nSPS) is 15.5. The fourth-order valence-corrected chi connectivity index (χ4v) is 3.82. The van der Waals surface area contributed by atoms with Gasteiger partial charge in [0.25, 0.3) is 5.91 Å². The molecule has 1 aliphatic heterocycles. The van der Waals surface area contributed by atoms with E-state index >= 15 is 0 Å². The standard InChI is InChI=1S/C29H25NO/c1-22(28-27-16-10-9-15-25(27)19-20-30(2)29(28)31)21-26(24-13-7-4-8-14-24)18-17-23-11-5-3-6-12-23/h3-16,21H,19-20H2,1-2H3/b26-21-,28-22+. The van der Waals surface area contributed by atoms with Crippen molar-refractivity contribution in [3.63, 3.8) is 0 Å². The van der Waals surface area contributed by atoms with Crippen molar-refractivity contribution >= 4 is 17.1 Å². The predicted molar refractivity (Wildman–Crippen MR) is 128 cm³/mol. The molecule has 2 nitrogen and oxygen atoms in total. The second-order valence-electron chi connectivity index (χ2n) is 7.73. The molecule has 0 saturated heterocycles. The predicted octanol–water partition coefficient (Wildman–Crippen LogP) is 5.61. The number of allylic oxidation sites excluding steroid dienone is 3. The molecule has 1 amide bonds. The van der Waals surface area contributed by atoms with Crippen LogP contribution < -0.4 is 0 Å². The van der Waals surface area contributed by atoms with E-state index in [9.17, 15) is 4.79 Å². The van der Waals surface area contributed by atoms with Gasteiger partial charge in [-0.15, -0.1) is 0 Å².